The van der Waals surface area contributed by atoms with Gasteiger partial charge in [-0.15, -0.1) is 10.2 Å². The van der Waals surface area contributed by atoms with E-state index >= 15 is 0 Å². The van der Waals surface area contributed by atoms with Gasteiger partial charge in [-0.25, -0.2) is 0 Å². The Morgan fingerprint density at radius 1 is 0.958 bits per heavy atom. The highest BCUT2D eigenvalue weighted by Gasteiger charge is 2.18. The first-order chi connectivity index (χ1) is 11.5. The van der Waals surface area contributed by atoms with Crippen molar-refractivity contribution in [2.45, 2.75) is 25.9 Å². The molecule has 0 saturated carbocycles. The van der Waals surface area contributed by atoms with Crippen LogP contribution < -0.4 is 5.32 Å². The Bertz CT molecular complexity index is 834. The van der Waals surface area contributed by atoms with Gasteiger partial charge in [0.25, 0.3) is 0 Å². The first-order valence-corrected chi connectivity index (χ1v) is 8.40. The molecule has 2 aromatic carbocycles. The van der Waals surface area contributed by atoms with E-state index in [2.05, 4.69) is 15.5 Å². The lowest BCUT2D eigenvalue weighted by molar-refractivity contribution is 0.395. The van der Waals surface area contributed by atoms with E-state index in [1.54, 1.807) is 12.1 Å². The topological polar surface area (TPSA) is 51.0 Å². The number of halogens is 2. The molecule has 0 spiro atoms. The summed E-state index contributed by atoms with van der Waals surface area (Å²) in [4.78, 5) is 0. The highest BCUT2D eigenvalue weighted by molar-refractivity contribution is 6.31. The summed E-state index contributed by atoms with van der Waals surface area (Å²) in [5.74, 6) is 0.968. The lowest BCUT2D eigenvalue weighted by Gasteiger charge is -2.18. The van der Waals surface area contributed by atoms with Crippen molar-refractivity contribution >= 4 is 23.2 Å². The molecule has 0 saturated heterocycles. The second kappa shape index (κ2) is 7.34. The zero-order chi connectivity index (χ0) is 17.1. The van der Waals surface area contributed by atoms with Crippen molar-refractivity contribution in [2.75, 3.05) is 0 Å². The number of aromatic nitrogens is 2. The largest absolute Gasteiger partial charge is 0.419 e. The number of rotatable bonds is 5. The van der Waals surface area contributed by atoms with Crippen molar-refractivity contribution in [3.63, 3.8) is 0 Å². The molecular formula is C18H17Cl2N3O. The molecule has 3 rings (SSSR count). The predicted octanol–water partition coefficient (Wildman–Crippen LogP) is 5.46. The van der Waals surface area contributed by atoms with Gasteiger partial charge in [-0.2, -0.15) is 0 Å². The summed E-state index contributed by atoms with van der Waals surface area (Å²) in [7, 11) is 0. The first-order valence-electron chi connectivity index (χ1n) is 7.64. The Balaban J connectivity index is 1.74. The summed E-state index contributed by atoms with van der Waals surface area (Å²) >= 11 is 12.2. The van der Waals surface area contributed by atoms with Gasteiger partial charge >= 0.3 is 0 Å². The molecule has 6 heteroatoms. The van der Waals surface area contributed by atoms with Crippen LogP contribution in [0.3, 0.4) is 0 Å². The second-order valence-corrected chi connectivity index (χ2v) is 6.43. The molecule has 0 bridgehead atoms. The molecule has 0 aliphatic carbocycles. The standard InChI is InChI=1S/C18H17Cl2N3O/c1-11(15-8-3-4-9-16(15)20)21-12(2)17-22-23-18(24-17)13-6-5-7-14(19)10-13/h3-12,21H,1-2H3/t11-,12-/m0/s1. The van der Waals surface area contributed by atoms with Crippen LogP contribution in [0, 0.1) is 0 Å². The molecule has 1 heterocycles. The minimum atomic E-state index is -0.114. The van der Waals surface area contributed by atoms with Crippen LogP contribution in [0.5, 0.6) is 0 Å². The summed E-state index contributed by atoms with van der Waals surface area (Å²) in [6.45, 7) is 4.02. The smallest absolute Gasteiger partial charge is 0.247 e. The molecule has 1 aromatic heterocycles. The third-order valence-electron chi connectivity index (χ3n) is 3.75. The van der Waals surface area contributed by atoms with Crippen LogP contribution in [0.25, 0.3) is 11.5 Å². The van der Waals surface area contributed by atoms with Gasteiger partial charge in [-0.3, -0.25) is 5.32 Å². The van der Waals surface area contributed by atoms with Crippen LogP contribution in [0.2, 0.25) is 10.0 Å². The molecule has 3 aromatic rings. The van der Waals surface area contributed by atoms with Crippen LogP contribution in [0.15, 0.2) is 52.9 Å². The van der Waals surface area contributed by atoms with Gasteiger partial charge in [0.15, 0.2) is 0 Å². The highest BCUT2D eigenvalue weighted by Crippen LogP contribution is 2.27. The molecule has 2 atom stereocenters. The summed E-state index contributed by atoms with van der Waals surface area (Å²) in [5.41, 5.74) is 1.83. The molecular weight excluding hydrogens is 345 g/mol. The monoisotopic (exact) mass is 361 g/mol. The molecule has 0 amide bonds. The van der Waals surface area contributed by atoms with Gasteiger partial charge in [0.2, 0.25) is 11.8 Å². The third-order valence-corrected chi connectivity index (χ3v) is 4.33. The summed E-state index contributed by atoms with van der Waals surface area (Å²) < 4.78 is 5.78. The first kappa shape index (κ1) is 17.0. The average molecular weight is 362 g/mol. The van der Waals surface area contributed by atoms with Gasteiger partial charge in [-0.05, 0) is 43.7 Å². The van der Waals surface area contributed by atoms with Gasteiger partial charge in [0, 0.05) is 21.7 Å². The zero-order valence-electron chi connectivity index (χ0n) is 13.3. The Kier molecular flexibility index (Phi) is 5.19. The predicted molar refractivity (Wildman–Crippen MR) is 96.2 cm³/mol. The number of nitrogens with one attached hydrogen (secondary N) is 1. The van der Waals surface area contributed by atoms with Gasteiger partial charge in [-0.1, -0.05) is 47.5 Å². The fraction of sp³-hybridized carbons (Fsp3) is 0.222. The summed E-state index contributed by atoms with van der Waals surface area (Å²) in [5, 5.41) is 13.0. The maximum atomic E-state index is 6.24. The SMILES string of the molecule is C[C@H](N[C@@H](C)c1ccccc1Cl)c1nnc(-c2cccc(Cl)c2)o1. The van der Waals surface area contributed by atoms with Gasteiger partial charge in [0.05, 0.1) is 6.04 Å². The van der Waals surface area contributed by atoms with Crippen molar-refractivity contribution in [2.24, 2.45) is 0 Å². The number of hydrogen-bond acceptors (Lipinski definition) is 4. The van der Waals surface area contributed by atoms with E-state index in [1.807, 2.05) is 50.2 Å². The zero-order valence-corrected chi connectivity index (χ0v) is 14.8. The number of nitrogens with zero attached hydrogens (tertiary/aromatic N) is 2. The summed E-state index contributed by atoms with van der Waals surface area (Å²) in [6.07, 6.45) is 0. The number of benzene rings is 2. The Morgan fingerprint density at radius 2 is 1.75 bits per heavy atom. The van der Waals surface area contributed by atoms with Crippen molar-refractivity contribution in [3.05, 3.63) is 70.0 Å². The van der Waals surface area contributed by atoms with Crippen molar-refractivity contribution in [1.29, 1.82) is 0 Å². The van der Waals surface area contributed by atoms with Crippen molar-refractivity contribution < 1.29 is 4.42 Å². The second-order valence-electron chi connectivity index (χ2n) is 5.59. The van der Waals surface area contributed by atoms with Gasteiger partial charge in [0.1, 0.15) is 0 Å². The number of hydrogen-bond donors (Lipinski definition) is 1. The molecule has 0 aliphatic heterocycles. The Labute approximate surface area is 150 Å². The molecule has 4 nitrogen and oxygen atoms in total. The summed E-state index contributed by atoms with van der Waals surface area (Å²) in [6, 6.07) is 15.0. The van der Waals surface area contributed by atoms with E-state index in [9.17, 15) is 0 Å². The minimum absolute atomic E-state index is 0.0511. The van der Waals surface area contributed by atoms with Gasteiger partial charge < -0.3 is 4.42 Å². The maximum Gasteiger partial charge on any atom is 0.247 e. The van der Waals surface area contributed by atoms with Crippen LogP contribution in [-0.4, -0.2) is 10.2 Å². The fourth-order valence-corrected chi connectivity index (χ4v) is 3.00. The van der Waals surface area contributed by atoms with E-state index in [-0.39, 0.29) is 12.1 Å². The minimum Gasteiger partial charge on any atom is -0.419 e. The quantitative estimate of drug-likeness (QED) is 0.655. The van der Waals surface area contributed by atoms with E-state index in [4.69, 9.17) is 27.6 Å². The normalized spacial score (nSPS) is 13.7. The molecule has 0 unspecified atom stereocenters. The molecule has 0 radical (unpaired) electrons. The van der Waals surface area contributed by atoms with Crippen LogP contribution in [-0.2, 0) is 0 Å². The molecule has 24 heavy (non-hydrogen) atoms. The fourth-order valence-electron chi connectivity index (χ4n) is 2.51. The highest BCUT2D eigenvalue weighted by atomic mass is 35.5. The Morgan fingerprint density at radius 3 is 2.50 bits per heavy atom. The lowest BCUT2D eigenvalue weighted by atomic mass is 10.1. The molecule has 0 aliphatic rings. The van der Waals surface area contributed by atoms with E-state index < -0.39 is 0 Å². The lowest BCUT2D eigenvalue weighted by Crippen LogP contribution is -2.23. The van der Waals surface area contributed by atoms with E-state index in [0.717, 1.165) is 16.1 Å². The Hall–Kier alpha value is -1.88. The van der Waals surface area contributed by atoms with Crippen molar-refractivity contribution in [1.82, 2.24) is 15.5 Å². The average Bonchev–Trinajstić information content (AvgIpc) is 3.05. The molecule has 0 fully saturated rings. The van der Waals surface area contributed by atoms with E-state index in [0.29, 0.717) is 16.8 Å². The molecule has 124 valence electrons. The molecule has 1 N–H and O–H groups in total. The van der Waals surface area contributed by atoms with Crippen LogP contribution in [0.4, 0.5) is 0 Å². The van der Waals surface area contributed by atoms with E-state index in [1.165, 1.54) is 0 Å². The van der Waals surface area contributed by atoms with Crippen molar-refractivity contribution in [3.8, 4) is 11.5 Å². The van der Waals surface area contributed by atoms with Crippen LogP contribution >= 0.6 is 23.2 Å². The third kappa shape index (κ3) is 3.78. The van der Waals surface area contributed by atoms with Crippen LogP contribution in [0.1, 0.15) is 37.4 Å². The maximum absolute atomic E-state index is 6.24.